The molecule has 7 nitrogen and oxygen atoms in total. The van der Waals surface area contributed by atoms with Crippen LogP contribution in [0, 0.1) is 5.92 Å². The molecule has 1 fully saturated rings. The second-order valence-electron chi connectivity index (χ2n) is 8.68. The molecule has 0 aliphatic heterocycles. The number of aromatic nitrogens is 2. The number of benzene rings is 2. The van der Waals surface area contributed by atoms with Crippen molar-refractivity contribution in [3.8, 4) is 11.1 Å². The maximum atomic E-state index is 13.3. The van der Waals surface area contributed by atoms with E-state index in [1.807, 2.05) is 48.5 Å². The van der Waals surface area contributed by atoms with E-state index in [1.54, 1.807) is 18.3 Å². The van der Waals surface area contributed by atoms with Gasteiger partial charge in [-0.15, -0.1) is 0 Å². The molecule has 2 aromatic carbocycles. The normalized spacial score (nSPS) is 18.0. The average Bonchev–Trinajstić information content (AvgIpc) is 2.89. The lowest BCUT2D eigenvalue weighted by Crippen LogP contribution is -2.39. The number of methoxy groups -OCH3 is 1. The Morgan fingerprint density at radius 2 is 1.74 bits per heavy atom. The van der Waals surface area contributed by atoms with Gasteiger partial charge in [-0.1, -0.05) is 36.4 Å². The Hall–Kier alpha value is -4.00. The number of nitrogens with zero attached hydrogens (tertiary/aromatic N) is 2. The molecule has 7 heteroatoms. The fourth-order valence-corrected chi connectivity index (χ4v) is 4.72. The highest BCUT2D eigenvalue weighted by Crippen LogP contribution is 2.26. The summed E-state index contributed by atoms with van der Waals surface area (Å²) in [6, 6.07) is 18.8. The number of esters is 1. The first-order chi connectivity index (χ1) is 16.5. The number of nitrogens with one attached hydrogen (secondary N) is 1. The van der Waals surface area contributed by atoms with Crippen LogP contribution in [-0.4, -0.2) is 34.4 Å². The fraction of sp³-hybridized carbons (Fsp3) is 0.259. The third-order valence-electron chi connectivity index (χ3n) is 6.59. The van der Waals surface area contributed by atoms with Crippen molar-refractivity contribution in [2.75, 3.05) is 7.11 Å². The molecule has 172 valence electrons. The van der Waals surface area contributed by atoms with Gasteiger partial charge in [0.05, 0.1) is 29.5 Å². The number of hydrogen-bond acceptors (Lipinski definition) is 5. The molecule has 0 saturated heterocycles. The molecule has 0 radical (unpaired) electrons. The highest BCUT2D eigenvalue weighted by molar-refractivity contribution is 6.01. The predicted molar refractivity (Wildman–Crippen MR) is 130 cm³/mol. The van der Waals surface area contributed by atoms with E-state index in [0.29, 0.717) is 47.8 Å². The zero-order chi connectivity index (χ0) is 23.7. The standard InChI is InChI=1S/C27H25N3O4/c1-34-27(33)18-9-12-20(13-10-18)28-25(31)21-8-5-15-30-24(21)29-23-14-11-19(16-22(23)26(30)32)17-6-3-2-4-7-17/h2-8,11,14-16,18,20H,9-10,12-13H2,1H3,(H,28,31). The highest BCUT2D eigenvalue weighted by Gasteiger charge is 2.28. The summed E-state index contributed by atoms with van der Waals surface area (Å²) in [5, 5.41) is 3.55. The van der Waals surface area contributed by atoms with Gasteiger partial charge in [-0.2, -0.15) is 0 Å². The van der Waals surface area contributed by atoms with Crippen LogP contribution >= 0.6 is 0 Å². The molecule has 34 heavy (non-hydrogen) atoms. The Balaban J connectivity index is 1.45. The molecular weight excluding hydrogens is 430 g/mol. The van der Waals surface area contributed by atoms with E-state index >= 15 is 0 Å². The minimum absolute atomic E-state index is 0.0331. The molecule has 1 N–H and O–H groups in total. The SMILES string of the molecule is COC(=O)C1CCC(NC(=O)c2cccn3c(=O)c4cc(-c5ccccc5)ccc4nc23)CC1. The summed E-state index contributed by atoms with van der Waals surface area (Å²) >= 11 is 0. The van der Waals surface area contributed by atoms with Crippen molar-refractivity contribution in [2.24, 2.45) is 5.92 Å². The number of pyridine rings is 1. The Labute approximate surface area is 196 Å². The Bertz CT molecular complexity index is 1440. The third kappa shape index (κ3) is 4.05. The number of rotatable bonds is 4. The molecule has 1 aliphatic carbocycles. The molecule has 1 saturated carbocycles. The van der Waals surface area contributed by atoms with Crippen molar-refractivity contribution in [1.29, 1.82) is 0 Å². The molecule has 2 heterocycles. The van der Waals surface area contributed by atoms with Crippen molar-refractivity contribution in [3.05, 3.63) is 82.8 Å². The highest BCUT2D eigenvalue weighted by atomic mass is 16.5. The summed E-state index contributed by atoms with van der Waals surface area (Å²) in [5.74, 6) is -0.570. The molecule has 0 atom stereocenters. The fourth-order valence-electron chi connectivity index (χ4n) is 4.72. The lowest BCUT2D eigenvalue weighted by Gasteiger charge is -2.27. The number of ether oxygens (including phenoxy) is 1. The summed E-state index contributed by atoms with van der Waals surface area (Å²) < 4.78 is 6.27. The molecule has 5 rings (SSSR count). The van der Waals surface area contributed by atoms with Crippen molar-refractivity contribution in [2.45, 2.75) is 31.7 Å². The molecule has 1 amide bonds. The van der Waals surface area contributed by atoms with E-state index in [1.165, 1.54) is 11.5 Å². The van der Waals surface area contributed by atoms with Crippen LogP contribution in [0.4, 0.5) is 0 Å². The largest absolute Gasteiger partial charge is 0.469 e. The van der Waals surface area contributed by atoms with Crippen LogP contribution < -0.4 is 10.9 Å². The number of fused-ring (bicyclic) bond motifs is 2. The number of amides is 1. The van der Waals surface area contributed by atoms with Crippen LogP contribution in [0.3, 0.4) is 0 Å². The first-order valence-electron chi connectivity index (χ1n) is 11.4. The van der Waals surface area contributed by atoms with Crippen molar-refractivity contribution >= 4 is 28.4 Å². The second kappa shape index (κ2) is 9.09. The molecule has 0 unspecified atom stereocenters. The lowest BCUT2D eigenvalue weighted by atomic mass is 9.86. The van der Waals surface area contributed by atoms with Crippen LogP contribution in [0.2, 0.25) is 0 Å². The van der Waals surface area contributed by atoms with Gasteiger partial charge in [-0.25, -0.2) is 4.98 Å². The van der Waals surface area contributed by atoms with Gasteiger partial charge < -0.3 is 10.1 Å². The molecular formula is C27H25N3O4. The van der Waals surface area contributed by atoms with Gasteiger partial charge >= 0.3 is 5.97 Å². The monoisotopic (exact) mass is 455 g/mol. The van der Waals surface area contributed by atoms with Crippen LogP contribution in [0.1, 0.15) is 36.0 Å². The van der Waals surface area contributed by atoms with E-state index in [9.17, 15) is 14.4 Å². The molecule has 0 bridgehead atoms. The maximum absolute atomic E-state index is 13.3. The molecule has 1 aliphatic rings. The van der Waals surface area contributed by atoms with Gasteiger partial charge in [0.1, 0.15) is 0 Å². The minimum atomic E-state index is -0.272. The van der Waals surface area contributed by atoms with Gasteiger partial charge in [0.25, 0.3) is 11.5 Å². The Morgan fingerprint density at radius 3 is 2.47 bits per heavy atom. The zero-order valence-electron chi connectivity index (χ0n) is 18.9. The number of carbonyl (C=O) groups excluding carboxylic acids is 2. The topological polar surface area (TPSA) is 89.8 Å². The number of carbonyl (C=O) groups is 2. The first kappa shape index (κ1) is 21.8. The number of hydrogen-bond donors (Lipinski definition) is 1. The Kier molecular flexibility index (Phi) is 5.84. The van der Waals surface area contributed by atoms with Gasteiger partial charge in [0, 0.05) is 12.2 Å². The van der Waals surface area contributed by atoms with Crippen molar-refractivity contribution in [3.63, 3.8) is 0 Å². The van der Waals surface area contributed by atoms with E-state index in [2.05, 4.69) is 10.3 Å². The summed E-state index contributed by atoms with van der Waals surface area (Å²) in [6.07, 6.45) is 4.40. The summed E-state index contributed by atoms with van der Waals surface area (Å²) in [7, 11) is 1.40. The van der Waals surface area contributed by atoms with Crippen LogP contribution in [0.5, 0.6) is 0 Å². The van der Waals surface area contributed by atoms with Crippen LogP contribution in [0.25, 0.3) is 27.7 Å². The van der Waals surface area contributed by atoms with E-state index in [-0.39, 0.29) is 29.4 Å². The predicted octanol–water partition coefficient (Wildman–Crippen LogP) is 3.98. The maximum Gasteiger partial charge on any atom is 0.308 e. The summed E-state index contributed by atoms with van der Waals surface area (Å²) in [6.45, 7) is 0. The van der Waals surface area contributed by atoms with Gasteiger partial charge in [-0.3, -0.25) is 18.8 Å². The van der Waals surface area contributed by atoms with Gasteiger partial charge in [0.2, 0.25) is 0 Å². The zero-order valence-corrected chi connectivity index (χ0v) is 18.9. The quantitative estimate of drug-likeness (QED) is 0.371. The van der Waals surface area contributed by atoms with E-state index in [4.69, 9.17) is 4.74 Å². The smallest absolute Gasteiger partial charge is 0.308 e. The van der Waals surface area contributed by atoms with E-state index < -0.39 is 0 Å². The van der Waals surface area contributed by atoms with Gasteiger partial charge in [0.15, 0.2) is 5.65 Å². The van der Waals surface area contributed by atoms with E-state index in [0.717, 1.165) is 11.1 Å². The second-order valence-corrected chi connectivity index (χ2v) is 8.68. The first-order valence-corrected chi connectivity index (χ1v) is 11.4. The lowest BCUT2D eigenvalue weighted by molar-refractivity contribution is -0.146. The molecule has 4 aromatic rings. The third-order valence-corrected chi connectivity index (χ3v) is 6.59. The van der Waals surface area contributed by atoms with Crippen molar-refractivity contribution < 1.29 is 14.3 Å². The minimum Gasteiger partial charge on any atom is -0.469 e. The average molecular weight is 456 g/mol. The molecule has 0 spiro atoms. The summed E-state index contributed by atoms with van der Waals surface area (Å²) in [4.78, 5) is 42.9. The van der Waals surface area contributed by atoms with Crippen LogP contribution in [0.15, 0.2) is 71.7 Å². The van der Waals surface area contributed by atoms with Crippen molar-refractivity contribution in [1.82, 2.24) is 14.7 Å². The Morgan fingerprint density at radius 1 is 0.971 bits per heavy atom. The van der Waals surface area contributed by atoms with Crippen LogP contribution in [-0.2, 0) is 9.53 Å². The summed E-state index contributed by atoms with van der Waals surface area (Å²) in [5.41, 5.74) is 2.96. The van der Waals surface area contributed by atoms with Gasteiger partial charge in [-0.05, 0) is 61.1 Å². The molecule has 2 aromatic heterocycles.